The number of carbonyl (C=O) groups excluding carboxylic acids is 2. The van der Waals surface area contributed by atoms with Gasteiger partial charge in [0.25, 0.3) is 0 Å². The Morgan fingerprint density at radius 1 is 1.16 bits per heavy atom. The summed E-state index contributed by atoms with van der Waals surface area (Å²) in [6, 6.07) is 14.8. The molecular formula is C24H28N4O4. The number of hydroxylamine groups is 1. The monoisotopic (exact) mass is 436 g/mol. The Bertz CT molecular complexity index is 966. The van der Waals surface area contributed by atoms with Crippen LogP contribution in [0, 0.1) is 5.92 Å². The number of hydrogen-bond acceptors (Lipinski definition) is 6. The normalized spacial score (nSPS) is 23.9. The van der Waals surface area contributed by atoms with Gasteiger partial charge in [0.1, 0.15) is 12.1 Å². The van der Waals surface area contributed by atoms with Gasteiger partial charge in [0.15, 0.2) is 0 Å². The fourth-order valence-electron chi connectivity index (χ4n) is 4.57. The zero-order chi connectivity index (χ0) is 22.5. The summed E-state index contributed by atoms with van der Waals surface area (Å²) < 4.78 is 5.94. The molecule has 2 N–H and O–H groups in total. The summed E-state index contributed by atoms with van der Waals surface area (Å²) in [7, 11) is 1.81. The van der Waals surface area contributed by atoms with Crippen molar-refractivity contribution in [2.75, 3.05) is 26.7 Å². The molecule has 0 saturated carbocycles. The SMILES string of the molecule is CN1C[C@@H](Oc2ccccn2)CC(C(=O)NO)C1C(=O)N1CC=C(c2ccccc2)CC1. The van der Waals surface area contributed by atoms with Gasteiger partial charge >= 0.3 is 0 Å². The standard InChI is InChI=1S/C24H28N4O4/c1-27-16-19(32-21-9-5-6-12-25-21)15-20(23(29)26-31)22(27)24(30)28-13-10-18(11-14-28)17-7-3-2-4-8-17/h2-10,12,19-20,22,31H,11,13-16H2,1H3,(H,26,29)/t19-,20?,22?/m0/s1. The lowest BCUT2D eigenvalue weighted by molar-refractivity contribution is -0.151. The molecule has 2 aliphatic heterocycles. The summed E-state index contributed by atoms with van der Waals surface area (Å²) in [6.45, 7) is 1.56. The molecule has 4 rings (SSSR count). The molecule has 0 spiro atoms. The van der Waals surface area contributed by atoms with Crippen LogP contribution in [0.4, 0.5) is 0 Å². The van der Waals surface area contributed by atoms with Gasteiger partial charge in [-0.25, -0.2) is 10.5 Å². The molecule has 0 radical (unpaired) electrons. The number of piperidine rings is 1. The summed E-state index contributed by atoms with van der Waals surface area (Å²) in [5.74, 6) is -0.962. The lowest BCUT2D eigenvalue weighted by atomic mass is 9.86. The van der Waals surface area contributed by atoms with Crippen molar-refractivity contribution in [1.82, 2.24) is 20.3 Å². The predicted molar refractivity (Wildman–Crippen MR) is 119 cm³/mol. The number of likely N-dealkylation sites (N-methyl/N-ethyl adjacent to an activating group) is 1. The van der Waals surface area contributed by atoms with Crippen LogP contribution in [0.25, 0.3) is 5.57 Å². The molecule has 3 atom stereocenters. The van der Waals surface area contributed by atoms with Crippen LogP contribution in [0.3, 0.4) is 0 Å². The van der Waals surface area contributed by atoms with Gasteiger partial charge in [-0.2, -0.15) is 0 Å². The first-order chi connectivity index (χ1) is 15.6. The third-order valence-electron chi connectivity index (χ3n) is 6.15. The van der Waals surface area contributed by atoms with E-state index in [1.54, 1.807) is 28.7 Å². The molecule has 2 aromatic rings. The van der Waals surface area contributed by atoms with E-state index in [0.717, 1.165) is 6.42 Å². The fourth-order valence-corrected chi connectivity index (χ4v) is 4.57. The predicted octanol–water partition coefficient (Wildman–Crippen LogP) is 1.97. The Balaban J connectivity index is 1.47. The van der Waals surface area contributed by atoms with Crippen LogP contribution >= 0.6 is 0 Å². The van der Waals surface area contributed by atoms with Crippen LogP contribution in [0.2, 0.25) is 0 Å². The molecule has 8 heteroatoms. The highest BCUT2D eigenvalue weighted by Gasteiger charge is 2.45. The summed E-state index contributed by atoms with van der Waals surface area (Å²) in [6.07, 6.45) is 4.46. The zero-order valence-corrected chi connectivity index (χ0v) is 18.1. The van der Waals surface area contributed by atoms with Gasteiger partial charge in [-0.05, 0) is 37.1 Å². The molecule has 2 amide bonds. The van der Waals surface area contributed by atoms with Crippen LogP contribution in [0.5, 0.6) is 5.88 Å². The summed E-state index contributed by atoms with van der Waals surface area (Å²) in [4.78, 5) is 33.7. The molecule has 2 unspecified atom stereocenters. The number of pyridine rings is 1. The first-order valence-electron chi connectivity index (χ1n) is 10.8. The Morgan fingerprint density at radius 2 is 1.94 bits per heavy atom. The van der Waals surface area contributed by atoms with Gasteiger partial charge in [-0.3, -0.25) is 19.7 Å². The van der Waals surface area contributed by atoms with E-state index in [-0.39, 0.29) is 12.0 Å². The first kappa shape index (κ1) is 22.0. The lowest BCUT2D eigenvalue weighted by Gasteiger charge is -2.42. The molecule has 32 heavy (non-hydrogen) atoms. The molecule has 1 saturated heterocycles. The summed E-state index contributed by atoms with van der Waals surface area (Å²) in [5.41, 5.74) is 4.13. The minimum Gasteiger partial charge on any atom is -0.473 e. The van der Waals surface area contributed by atoms with Gasteiger partial charge in [0, 0.05) is 31.9 Å². The van der Waals surface area contributed by atoms with E-state index in [1.807, 2.05) is 36.2 Å². The number of hydrogen-bond donors (Lipinski definition) is 2. The maximum Gasteiger partial charge on any atom is 0.248 e. The van der Waals surface area contributed by atoms with E-state index < -0.39 is 17.9 Å². The molecule has 0 aliphatic carbocycles. The molecule has 1 aromatic heterocycles. The van der Waals surface area contributed by atoms with Crippen molar-refractivity contribution in [2.45, 2.75) is 25.0 Å². The average Bonchev–Trinajstić information content (AvgIpc) is 2.84. The van der Waals surface area contributed by atoms with Crippen molar-refractivity contribution in [1.29, 1.82) is 0 Å². The van der Waals surface area contributed by atoms with Crippen LogP contribution in [0.1, 0.15) is 18.4 Å². The van der Waals surface area contributed by atoms with Crippen molar-refractivity contribution >= 4 is 17.4 Å². The zero-order valence-electron chi connectivity index (χ0n) is 18.1. The van der Waals surface area contributed by atoms with E-state index in [9.17, 15) is 14.8 Å². The van der Waals surface area contributed by atoms with Crippen molar-refractivity contribution in [3.05, 3.63) is 66.4 Å². The number of nitrogens with one attached hydrogen (secondary N) is 1. The second kappa shape index (κ2) is 9.93. The highest BCUT2D eigenvalue weighted by Crippen LogP contribution is 2.29. The van der Waals surface area contributed by atoms with Crippen LogP contribution < -0.4 is 10.2 Å². The largest absolute Gasteiger partial charge is 0.473 e. The molecule has 3 heterocycles. The number of carbonyl (C=O) groups is 2. The second-order valence-electron chi connectivity index (χ2n) is 8.24. The highest BCUT2D eigenvalue weighted by atomic mass is 16.5. The Morgan fingerprint density at radius 3 is 2.59 bits per heavy atom. The van der Waals surface area contributed by atoms with Crippen molar-refractivity contribution in [3.63, 3.8) is 0 Å². The Kier molecular flexibility index (Phi) is 6.82. The van der Waals surface area contributed by atoms with Crippen LogP contribution in [0.15, 0.2) is 60.8 Å². The van der Waals surface area contributed by atoms with Crippen molar-refractivity contribution in [2.24, 2.45) is 5.92 Å². The molecule has 168 valence electrons. The first-order valence-corrected chi connectivity index (χ1v) is 10.8. The van der Waals surface area contributed by atoms with E-state index in [0.29, 0.717) is 31.9 Å². The van der Waals surface area contributed by atoms with E-state index in [4.69, 9.17) is 4.74 Å². The van der Waals surface area contributed by atoms with E-state index >= 15 is 0 Å². The lowest BCUT2D eigenvalue weighted by Crippen LogP contribution is -2.60. The van der Waals surface area contributed by atoms with Crippen LogP contribution in [-0.4, -0.2) is 70.6 Å². The molecular weight excluding hydrogens is 408 g/mol. The molecule has 1 aromatic carbocycles. The number of aromatic nitrogens is 1. The molecule has 0 bridgehead atoms. The minimum atomic E-state index is -0.737. The number of amides is 2. The van der Waals surface area contributed by atoms with Gasteiger partial charge in [0.2, 0.25) is 17.7 Å². The van der Waals surface area contributed by atoms with E-state index in [2.05, 4.69) is 23.2 Å². The number of likely N-dealkylation sites (tertiary alicyclic amines) is 1. The number of ether oxygens (including phenoxy) is 1. The smallest absolute Gasteiger partial charge is 0.248 e. The molecule has 2 aliphatic rings. The van der Waals surface area contributed by atoms with Crippen LogP contribution in [-0.2, 0) is 9.59 Å². The third-order valence-corrected chi connectivity index (χ3v) is 6.15. The van der Waals surface area contributed by atoms with Gasteiger partial charge in [-0.1, -0.05) is 42.5 Å². The summed E-state index contributed by atoms with van der Waals surface area (Å²) in [5, 5.41) is 9.31. The maximum atomic E-state index is 13.4. The fraction of sp³-hybridized carbons (Fsp3) is 0.375. The maximum absolute atomic E-state index is 13.4. The molecule has 1 fully saturated rings. The minimum absolute atomic E-state index is 0.110. The Hall–Kier alpha value is -3.23. The van der Waals surface area contributed by atoms with Gasteiger partial charge < -0.3 is 9.64 Å². The Labute approximate surface area is 187 Å². The topological polar surface area (TPSA) is 95.0 Å². The molecule has 8 nitrogen and oxygen atoms in total. The quantitative estimate of drug-likeness (QED) is 0.550. The van der Waals surface area contributed by atoms with Crippen molar-refractivity contribution < 1.29 is 19.5 Å². The second-order valence-corrected chi connectivity index (χ2v) is 8.24. The average molecular weight is 437 g/mol. The highest BCUT2D eigenvalue weighted by molar-refractivity contribution is 5.90. The van der Waals surface area contributed by atoms with Gasteiger partial charge in [0.05, 0.1) is 5.92 Å². The van der Waals surface area contributed by atoms with Crippen molar-refractivity contribution in [3.8, 4) is 5.88 Å². The number of benzene rings is 1. The third kappa shape index (κ3) is 4.81. The number of rotatable bonds is 5. The van der Waals surface area contributed by atoms with E-state index in [1.165, 1.54) is 11.1 Å². The summed E-state index contributed by atoms with van der Waals surface area (Å²) >= 11 is 0. The van der Waals surface area contributed by atoms with Gasteiger partial charge in [-0.15, -0.1) is 0 Å². The number of nitrogens with zero attached hydrogens (tertiary/aromatic N) is 3.